The largest absolute Gasteiger partial charge is 0.264 e. The fourth-order valence-corrected chi connectivity index (χ4v) is 2.59. The molecule has 2 heterocycles. The highest BCUT2D eigenvalue weighted by atomic mass is 32.1. The van der Waals surface area contributed by atoms with Gasteiger partial charge in [-0.25, -0.2) is 4.98 Å². The number of nitrogens with zero attached hydrogens (tertiary/aromatic N) is 3. The Morgan fingerprint density at radius 2 is 2.20 bits per heavy atom. The summed E-state index contributed by atoms with van der Waals surface area (Å²) in [7, 11) is 2.69. The Morgan fingerprint density at radius 3 is 2.87 bits per heavy atom. The van der Waals surface area contributed by atoms with Crippen LogP contribution in [0.15, 0.2) is 9.98 Å². The van der Waals surface area contributed by atoms with E-state index in [9.17, 15) is 0 Å². The van der Waals surface area contributed by atoms with Gasteiger partial charge in [0.1, 0.15) is 15.3 Å². The van der Waals surface area contributed by atoms with Gasteiger partial charge in [0.2, 0.25) is 0 Å². The van der Waals surface area contributed by atoms with Gasteiger partial charge in [-0.05, 0) is 6.92 Å². The van der Waals surface area contributed by atoms with E-state index in [1.807, 2.05) is 13.1 Å². The van der Waals surface area contributed by atoms with Crippen LogP contribution in [0.4, 0.5) is 0 Å². The molecule has 2 atom stereocenters. The van der Waals surface area contributed by atoms with Gasteiger partial charge in [0.15, 0.2) is 0 Å². The molecule has 0 amide bonds. The van der Waals surface area contributed by atoms with Crippen LogP contribution in [0.5, 0.6) is 0 Å². The Morgan fingerprint density at radius 1 is 1.47 bits per heavy atom. The molecule has 1 aromatic rings. The number of fused-ring (bicyclic) bond motifs is 1. The fourth-order valence-electron chi connectivity index (χ4n) is 1.26. The summed E-state index contributed by atoms with van der Waals surface area (Å²) in [6.07, 6.45) is 3.61. The van der Waals surface area contributed by atoms with Gasteiger partial charge in [-0.3, -0.25) is 9.98 Å². The first-order valence-electron chi connectivity index (χ1n) is 4.88. The van der Waals surface area contributed by atoms with Crippen LogP contribution in [-0.2, 0) is 0 Å². The van der Waals surface area contributed by atoms with Crippen molar-refractivity contribution >= 4 is 33.0 Å². The molecule has 1 aliphatic rings. The molecule has 1 aliphatic heterocycles. The molecule has 0 spiro atoms. The highest BCUT2D eigenvalue weighted by Crippen LogP contribution is 2.18. The first kappa shape index (κ1) is 10.9. The van der Waals surface area contributed by atoms with E-state index in [2.05, 4.69) is 38.1 Å². The molecule has 0 N–H and O–H groups in total. The minimum Gasteiger partial charge on any atom is -0.264 e. The van der Waals surface area contributed by atoms with E-state index in [1.54, 1.807) is 17.5 Å². The zero-order chi connectivity index (χ0) is 11.1. The lowest BCUT2D eigenvalue weighted by molar-refractivity contribution is 0.846. The molecular weight excluding hydrogens is 225 g/mol. The molecule has 2 rings (SSSR count). The van der Waals surface area contributed by atoms with Crippen molar-refractivity contribution in [2.75, 3.05) is 0 Å². The summed E-state index contributed by atoms with van der Waals surface area (Å²) in [6.45, 7) is 6.29. The van der Waals surface area contributed by atoms with Crippen LogP contribution in [0.2, 0.25) is 0 Å². The van der Waals surface area contributed by atoms with Crippen LogP contribution in [0.3, 0.4) is 0 Å². The first-order chi connectivity index (χ1) is 6.98. The third-order valence-electron chi connectivity index (χ3n) is 2.02. The van der Waals surface area contributed by atoms with Crippen LogP contribution >= 0.6 is 20.6 Å². The predicted molar refractivity (Wildman–Crippen MR) is 68.1 cm³/mol. The normalized spacial score (nSPS) is 24.3. The average molecular weight is 239 g/mol. The highest BCUT2D eigenvalue weighted by molar-refractivity contribution is 7.20. The SMILES string of the molecule is CC(C)c1nc2c(s1)=NC(C)(P)C=NC=2. The second-order valence-electron chi connectivity index (χ2n) is 4.14. The van der Waals surface area contributed by atoms with E-state index in [0.717, 1.165) is 15.0 Å². The Kier molecular flexibility index (Phi) is 2.73. The molecule has 0 aliphatic carbocycles. The van der Waals surface area contributed by atoms with Crippen LogP contribution in [-0.4, -0.2) is 16.5 Å². The Hall–Kier alpha value is -0.600. The number of thiazole rings is 1. The van der Waals surface area contributed by atoms with Gasteiger partial charge in [0.25, 0.3) is 0 Å². The number of hydrogen-bond donors (Lipinski definition) is 0. The van der Waals surface area contributed by atoms with Gasteiger partial charge in [0.05, 0.1) is 11.2 Å². The average Bonchev–Trinajstić information content (AvgIpc) is 2.42. The number of aliphatic imine (C=N–C) groups is 1. The van der Waals surface area contributed by atoms with E-state index in [0.29, 0.717) is 5.92 Å². The van der Waals surface area contributed by atoms with Crippen molar-refractivity contribution < 1.29 is 0 Å². The molecular formula is C10H14N3PS. The molecule has 0 bridgehead atoms. The minimum absolute atomic E-state index is 0.303. The van der Waals surface area contributed by atoms with Crippen LogP contribution in [0.1, 0.15) is 31.7 Å². The number of rotatable bonds is 1. The van der Waals surface area contributed by atoms with Gasteiger partial charge in [-0.2, -0.15) is 0 Å². The first-order valence-corrected chi connectivity index (χ1v) is 6.27. The van der Waals surface area contributed by atoms with E-state index < -0.39 is 0 Å². The van der Waals surface area contributed by atoms with Crippen molar-refractivity contribution in [1.29, 1.82) is 0 Å². The second-order valence-corrected chi connectivity index (χ2v) is 6.32. The molecule has 1 aromatic heterocycles. The summed E-state index contributed by atoms with van der Waals surface area (Å²) in [4.78, 5) is 13.4. The van der Waals surface area contributed by atoms with Crippen molar-refractivity contribution in [3.63, 3.8) is 0 Å². The van der Waals surface area contributed by atoms with Gasteiger partial charge >= 0.3 is 0 Å². The van der Waals surface area contributed by atoms with Crippen molar-refractivity contribution in [3.05, 3.63) is 15.0 Å². The molecule has 0 saturated carbocycles. The summed E-state index contributed by atoms with van der Waals surface area (Å²) in [5.41, 5.74) is 0. The molecule has 3 nitrogen and oxygen atoms in total. The molecule has 15 heavy (non-hydrogen) atoms. The molecule has 0 radical (unpaired) electrons. The van der Waals surface area contributed by atoms with Gasteiger partial charge in [0, 0.05) is 12.1 Å². The van der Waals surface area contributed by atoms with Crippen LogP contribution < -0.4 is 10.0 Å². The maximum Gasteiger partial charge on any atom is 0.141 e. The topological polar surface area (TPSA) is 37.6 Å². The number of aromatic nitrogens is 1. The van der Waals surface area contributed by atoms with Gasteiger partial charge < -0.3 is 0 Å². The molecule has 0 saturated heterocycles. The lowest BCUT2D eigenvalue weighted by Crippen LogP contribution is -2.24. The highest BCUT2D eigenvalue weighted by Gasteiger charge is 2.15. The smallest absolute Gasteiger partial charge is 0.141 e. The van der Waals surface area contributed by atoms with E-state index in [1.165, 1.54) is 0 Å². The maximum absolute atomic E-state index is 4.61. The molecule has 80 valence electrons. The van der Waals surface area contributed by atoms with Crippen molar-refractivity contribution in [2.45, 2.75) is 32.0 Å². The molecule has 0 fully saturated rings. The van der Waals surface area contributed by atoms with Gasteiger partial charge in [-0.15, -0.1) is 9.24 Å². The Labute approximate surface area is 95.3 Å². The third kappa shape index (κ3) is 2.32. The second kappa shape index (κ2) is 3.76. The Balaban J connectivity index is 2.65. The fraction of sp³-hybridized carbons (Fsp3) is 0.500. The van der Waals surface area contributed by atoms with E-state index in [4.69, 9.17) is 0 Å². The predicted octanol–water partition coefficient (Wildman–Crippen LogP) is 1.30. The zero-order valence-corrected chi connectivity index (χ0v) is 11.0. The lowest BCUT2D eigenvalue weighted by atomic mass is 10.2. The standard InChI is InChI=1S/C10H14N3PS/c1-6(2)8-12-7-4-11-5-10(3,14)13-9(7)15-8/h4-6H,14H2,1-3H3. The lowest BCUT2D eigenvalue weighted by Gasteiger charge is -2.09. The van der Waals surface area contributed by atoms with Crippen molar-refractivity contribution in [2.24, 2.45) is 9.98 Å². The Bertz CT molecular complexity index is 513. The third-order valence-corrected chi connectivity index (χ3v) is 3.56. The summed E-state index contributed by atoms with van der Waals surface area (Å²) < 4.78 is 0.980. The zero-order valence-electron chi connectivity index (χ0n) is 9.06. The van der Waals surface area contributed by atoms with E-state index >= 15 is 0 Å². The molecule has 0 aromatic carbocycles. The minimum atomic E-state index is -0.303. The van der Waals surface area contributed by atoms with E-state index in [-0.39, 0.29) is 5.28 Å². The summed E-state index contributed by atoms with van der Waals surface area (Å²) in [5, 5.41) is 1.71. The quantitative estimate of drug-likeness (QED) is 0.681. The summed E-state index contributed by atoms with van der Waals surface area (Å²) in [6, 6.07) is 0. The summed E-state index contributed by atoms with van der Waals surface area (Å²) >= 11 is 1.66. The van der Waals surface area contributed by atoms with Gasteiger partial charge in [-0.1, -0.05) is 25.2 Å². The molecule has 5 heteroatoms. The van der Waals surface area contributed by atoms with Crippen molar-refractivity contribution in [1.82, 2.24) is 4.98 Å². The van der Waals surface area contributed by atoms with Crippen LogP contribution in [0, 0.1) is 0 Å². The maximum atomic E-state index is 4.61. The number of hydrogen-bond acceptors (Lipinski definition) is 4. The molecule has 2 unspecified atom stereocenters. The monoisotopic (exact) mass is 239 g/mol. The van der Waals surface area contributed by atoms with Crippen LogP contribution in [0.25, 0.3) is 6.20 Å². The summed E-state index contributed by atoms with van der Waals surface area (Å²) in [5.74, 6) is 0.449. The van der Waals surface area contributed by atoms with Crippen molar-refractivity contribution in [3.8, 4) is 0 Å².